The number of carbonyl (C=O) groups is 1. The summed E-state index contributed by atoms with van der Waals surface area (Å²) < 4.78 is 66.7. The summed E-state index contributed by atoms with van der Waals surface area (Å²) in [6.07, 6.45) is 0. The molecule has 0 aliphatic carbocycles. The van der Waals surface area contributed by atoms with Crippen LogP contribution in [-0.2, 0) is 14.8 Å². The molecule has 11 heteroatoms. The summed E-state index contributed by atoms with van der Waals surface area (Å²) in [5.74, 6) is -0.647. The third kappa shape index (κ3) is 5.31. The molecule has 8 nitrogen and oxygen atoms in total. The zero-order valence-corrected chi connectivity index (χ0v) is 20.7. The van der Waals surface area contributed by atoms with Crippen molar-refractivity contribution in [1.82, 2.24) is 4.90 Å². The summed E-state index contributed by atoms with van der Waals surface area (Å²) in [7, 11) is -4.26. The Morgan fingerprint density at radius 3 is 2.24 bits per heavy atom. The van der Waals surface area contributed by atoms with Crippen LogP contribution in [0, 0.1) is 11.6 Å². The van der Waals surface area contributed by atoms with E-state index in [1.165, 1.54) is 48.5 Å². The van der Waals surface area contributed by atoms with Crippen molar-refractivity contribution in [3.8, 4) is 11.5 Å². The second-order valence-corrected chi connectivity index (χ2v) is 10.5. The number of nitrogens with zero attached hydrogens (tertiary/aromatic N) is 3. The van der Waals surface area contributed by atoms with E-state index in [1.54, 1.807) is 17.0 Å². The topological polar surface area (TPSA) is 79.4 Å². The molecule has 0 N–H and O–H groups in total. The summed E-state index contributed by atoms with van der Waals surface area (Å²) >= 11 is 0. The average molecular weight is 530 g/mol. The van der Waals surface area contributed by atoms with E-state index in [9.17, 15) is 22.0 Å². The number of anilines is 2. The highest BCUT2D eigenvalue weighted by Crippen LogP contribution is 2.34. The van der Waals surface area contributed by atoms with Gasteiger partial charge in [0.25, 0.3) is 10.0 Å². The van der Waals surface area contributed by atoms with E-state index in [1.807, 2.05) is 4.90 Å². The minimum absolute atomic E-state index is 0.0354. The standard InChI is InChI=1S/C26H25F2N3O5S/c27-19-4-6-21(7-5-19)29-10-12-30(13-11-29)26(32)18-31(22-3-1-2-20(28)16-22)37(33,34)23-8-9-24-25(17-23)36-15-14-35-24/h1-9,16-17H,10-15,18H2. The number of carbonyl (C=O) groups excluding carboxylic acids is 1. The molecular formula is C26H25F2N3O5S. The molecule has 0 saturated carbocycles. The molecule has 3 aromatic rings. The van der Waals surface area contributed by atoms with E-state index in [-0.39, 0.29) is 28.8 Å². The van der Waals surface area contributed by atoms with Crippen LogP contribution in [-0.4, -0.2) is 65.2 Å². The zero-order valence-electron chi connectivity index (χ0n) is 19.8. The van der Waals surface area contributed by atoms with Crippen LogP contribution >= 0.6 is 0 Å². The van der Waals surface area contributed by atoms with Crippen molar-refractivity contribution < 1.29 is 31.5 Å². The Labute approximate surface area is 213 Å². The fourth-order valence-corrected chi connectivity index (χ4v) is 5.77. The molecule has 2 aliphatic rings. The number of hydrogen-bond acceptors (Lipinski definition) is 6. The third-order valence-corrected chi connectivity index (χ3v) is 8.07. The van der Waals surface area contributed by atoms with Gasteiger partial charge >= 0.3 is 0 Å². The van der Waals surface area contributed by atoms with Gasteiger partial charge in [0, 0.05) is 37.9 Å². The zero-order chi connectivity index (χ0) is 26.0. The van der Waals surface area contributed by atoms with Crippen molar-refractivity contribution in [3.63, 3.8) is 0 Å². The lowest BCUT2D eigenvalue weighted by molar-refractivity contribution is -0.129. The molecule has 37 heavy (non-hydrogen) atoms. The minimum Gasteiger partial charge on any atom is -0.486 e. The lowest BCUT2D eigenvalue weighted by Gasteiger charge is -2.37. The van der Waals surface area contributed by atoms with Gasteiger partial charge in [0.15, 0.2) is 11.5 Å². The predicted molar refractivity (Wildman–Crippen MR) is 134 cm³/mol. The maximum Gasteiger partial charge on any atom is 0.264 e. The van der Waals surface area contributed by atoms with Gasteiger partial charge < -0.3 is 19.3 Å². The first-order chi connectivity index (χ1) is 17.8. The van der Waals surface area contributed by atoms with E-state index in [0.717, 1.165) is 16.1 Å². The van der Waals surface area contributed by atoms with Crippen molar-refractivity contribution >= 4 is 27.3 Å². The number of ether oxygens (including phenoxy) is 2. The van der Waals surface area contributed by atoms with Crippen molar-refractivity contribution in [2.45, 2.75) is 4.90 Å². The first-order valence-corrected chi connectivity index (χ1v) is 13.2. The van der Waals surface area contributed by atoms with Crippen molar-refractivity contribution in [2.75, 3.05) is 55.1 Å². The first kappa shape index (κ1) is 24.8. The second-order valence-electron chi connectivity index (χ2n) is 8.64. The van der Waals surface area contributed by atoms with Crippen LogP contribution in [0.3, 0.4) is 0 Å². The maximum atomic E-state index is 14.1. The molecule has 2 heterocycles. The lowest BCUT2D eigenvalue weighted by Crippen LogP contribution is -2.52. The summed E-state index contributed by atoms with van der Waals surface area (Å²) in [5.41, 5.74) is 0.879. The molecule has 0 aromatic heterocycles. The average Bonchev–Trinajstić information content (AvgIpc) is 2.91. The number of rotatable bonds is 6. The summed E-state index contributed by atoms with van der Waals surface area (Å²) in [6.45, 7) is 1.87. The van der Waals surface area contributed by atoms with Crippen LogP contribution in [0.25, 0.3) is 0 Å². The quantitative estimate of drug-likeness (QED) is 0.488. The molecule has 2 aliphatic heterocycles. The summed E-state index contributed by atoms with van der Waals surface area (Å²) in [5, 5.41) is 0. The highest BCUT2D eigenvalue weighted by molar-refractivity contribution is 7.92. The predicted octanol–water partition coefficient (Wildman–Crippen LogP) is 3.28. The van der Waals surface area contributed by atoms with Crippen LogP contribution in [0.1, 0.15) is 0 Å². The number of hydrogen-bond donors (Lipinski definition) is 0. The highest BCUT2D eigenvalue weighted by Gasteiger charge is 2.31. The number of sulfonamides is 1. The van der Waals surface area contributed by atoms with Gasteiger partial charge in [-0.2, -0.15) is 0 Å². The van der Waals surface area contributed by atoms with Crippen LogP contribution in [0.4, 0.5) is 20.2 Å². The molecule has 1 saturated heterocycles. The van der Waals surface area contributed by atoms with E-state index in [2.05, 4.69) is 0 Å². The molecule has 3 aromatic carbocycles. The number of benzene rings is 3. The van der Waals surface area contributed by atoms with E-state index in [0.29, 0.717) is 38.5 Å². The fourth-order valence-electron chi connectivity index (χ4n) is 4.35. The Kier molecular flexibility index (Phi) is 6.88. The highest BCUT2D eigenvalue weighted by atomic mass is 32.2. The Balaban J connectivity index is 1.37. The summed E-state index contributed by atoms with van der Waals surface area (Å²) in [6, 6.07) is 15.5. The Morgan fingerprint density at radius 2 is 1.54 bits per heavy atom. The normalized spacial score (nSPS) is 15.4. The Bertz CT molecular complexity index is 1390. The van der Waals surface area contributed by atoms with E-state index < -0.39 is 28.3 Å². The Morgan fingerprint density at radius 1 is 0.838 bits per heavy atom. The van der Waals surface area contributed by atoms with Crippen molar-refractivity contribution in [1.29, 1.82) is 0 Å². The molecule has 0 unspecified atom stereocenters. The molecule has 5 rings (SSSR count). The third-order valence-electron chi connectivity index (χ3n) is 6.30. The van der Waals surface area contributed by atoms with Gasteiger partial charge in [-0.25, -0.2) is 17.2 Å². The molecular weight excluding hydrogens is 504 g/mol. The molecule has 1 amide bonds. The van der Waals surface area contributed by atoms with E-state index in [4.69, 9.17) is 9.47 Å². The fraction of sp³-hybridized carbons (Fsp3) is 0.269. The number of halogens is 2. The van der Waals surface area contributed by atoms with Gasteiger partial charge in [0.1, 0.15) is 31.4 Å². The molecule has 194 valence electrons. The molecule has 0 bridgehead atoms. The minimum atomic E-state index is -4.26. The van der Waals surface area contributed by atoms with Crippen LogP contribution < -0.4 is 18.7 Å². The number of piperazine rings is 1. The molecule has 0 spiro atoms. The van der Waals surface area contributed by atoms with Crippen LogP contribution in [0.15, 0.2) is 71.6 Å². The van der Waals surface area contributed by atoms with Crippen LogP contribution in [0.5, 0.6) is 11.5 Å². The van der Waals surface area contributed by atoms with Gasteiger partial charge in [0.05, 0.1) is 10.6 Å². The Hall–Kier alpha value is -3.86. The maximum absolute atomic E-state index is 14.1. The molecule has 0 atom stereocenters. The monoisotopic (exact) mass is 529 g/mol. The lowest BCUT2D eigenvalue weighted by atomic mass is 10.2. The van der Waals surface area contributed by atoms with Gasteiger partial charge in [-0.15, -0.1) is 0 Å². The number of fused-ring (bicyclic) bond motifs is 1. The molecule has 1 fully saturated rings. The van der Waals surface area contributed by atoms with Gasteiger partial charge in [-0.3, -0.25) is 9.10 Å². The van der Waals surface area contributed by atoms with Gasteiger partial charge in [0.2, 0.25) is 5.91 Å². The van der Waals surface area contributed by atoms with Crippen molar-refractivity contribution in [2.24, 2.45) is 0 Å². The smallest absolute Gasteiger partial charge is 0.264 e. The largest absolute Gasteiger partial charge is 0.486 e. The first-order valence-electron chi connectivity index (χ1n) is 11.8. The van der Waals surface area contributed by atoms with Gasteiger partial charge in [-0.1, -0.05) is 6.07 Å². The summed E-state index contributed by atoms with van der Waals surface area (Å²) in [4.78, 5) is 16.8. The van der Waals surface area contributed by atoms with Gasteiger partial charge in [-0.05, 0) is 54.6 Å². The van der Waals surface area contributed by atoms with E-state index >= 15 is 0 Å². The SMILES string of the molecule is O=C(CN(c1cccc(F)c1)S(=O)(=O)c1ccc2c(c1)OCCO2)N1CCN(c2ccc(F)cc2)CC1. The van der Waals surface area contributed by atoms with Crippen LogP contribution in [0.2, 0.25) is 0 Å². The molecule has 0 radical (unpaired) electrons. The van der Waals surface area contributed by atoms with Crippen molar-refractivity contribution in [3.05, 3.63) is 78.4 Å². The number of amides is 1. The second kappa shape index (κ2) is 10.3.